The molecule has 2 aliphatic rings. The largest absolute Gasteiger partial charge is 0.466 e. The van der Waals surface area contributed by atoms with Crippen molar-refractivity contribution in [1.82, 2.24) is 0 Å². The molecule has 0 N–H and O–H groups in total. The summed E-state index contributed by atoms with van der Waals surface area (Å²) in [5.74, 6) is -0.175. The Morgan fingerprint density at radius 2 is 2.15 bits per heavy atom. The van der Waals surface area contributed by atoms with E-state index in [1.165, 1.54) is 19.3 Å². The molecule has 2 saturated heterocycles. The summed E-state index contributed by atoms with van der Waals surface area (Å²) in [4.78, 5) is 11.7. The second-order valence-corrected chi connectivity index (χ2v) is 6.37. The third-order valence-electron chi connectivity index (χ3n) is 4.65. The van der Waals surface area contributed by atoms with Gasteiger partial charge in [0.05, 0.1) is 31.3 Å². The molecule has 2 aliphatic heterocycles. The molecule has 0 aromatic carbocycles. The Morgan fingerprint density at radius 1 is 1.35 bits per heavy atom. The van der Waals surface area contributed by atoms with E-state index in [-0.39, 0.29) is 17.7 Å². The number of hydrogen-bond donors (Lipinski definition) is 0. The predicted octanol–water partition coefficient (Wildman–Crippen LogP) is 3.23. The Kier molecular flexibility index (Phi) is 5.08. The minimum Gasteiger partial charge on any atom is -0.466 e. The van der Waals surface area contributed by atoms with Crippen LogP contribution in [0.25, 0.3) is 0 Å². The average Bonchev–Trinajstić information content (AvgIpc) is 2.77. The van der Waals surface area contributed by atoms with Crippen LogP contribution in [-0.2, 0) is 19.0 Å². The topological polar surface area (TPSA) is 44.8 Å². The van der Waals surface area contributed by atoms with E-state index < -0.39 is 5.60 Å². The van der Waals surface area contributed by atoms with E-state index in [1.54, 1.807) is 0 Å². The Hall–Kier alpha value is -0.610. The highest BCUT2D eigenvalue weighted by atomic mass is 16.6. The molecular weight excluding hydrogens is 256 g/mol. The van der Waals surface area contributed by atoms with Crippen molar-refractivity contribution in [2.45, 2.75) is 83.0 Å². The van der Waals surface area contributed by atoms with Gasteiger partial charge in [0.25, 0.3) is 0 Å². The molecule has 2 fully saturated rings. The fourth-order valence-electron chi connectivity index (χ4n) is 3.35. The zero-order valence-corrected chi connectivity index (χ0v) is 13.1. The van der Waals surface area contributed by atoms with Gasteiger partial charge in [-0.25, -0.2) is 0 Å². The van der Waals surface area contributed by atoms with Crippen LogP contribution in [0.3, 0.4) is 0 Å². The summed E-state index contributed by atoms with van der Waals surface area (Å²) < 4.78 is 17.4. The molecule has 4 nitrogen and oxygen atoms in total. The van der Waals surface area contributed by atoms with Crippen molar-refractivity contribution in [3.05, 3.63) is 0 Å². The SMILES string of the molecule is CCCCCC1(C)OCC2(CC(=O)OCC)CCC1O2. The molecule has 0 aromatic rings. The third-order valence-corrected chi connectivity index (χ3v) is 4.65. The number of ether oxygens (including phenoxy) is 3. The normalized spacial score (nSPS) is 36.0. The van der Waals surface area contributed by atoms with Gasteiger partial charge < -0.3 is 14.2 Å². The summed E-state index contributed by atoms with van der Waals surface area (Å²) in [7, 11) is 0. The van der Waals surface area contributed by atoms with Crippen molar-refractivity contribution in [2.75, 3.05) is 13.2 Å². The molecule has 0 aromatic heterocycles. The number of esters is 1. The molecular formula is C16H28O4. The van der Waals surface area contributed by atoms with Gasteiger partial charge >= 0.3 is 5.97 Å². The highest BCUT2D eigenvalue weighted by Crippen LogP contribution is 2.46. The van der Waals surface area contributed by atoms with E-state index in [4.69, 9.17) is 14.2 Å². The molecule has 3 unspecified atom stereocenters. The number of rotatable bonds is 7. The second kappa shape index (κ2) is 6.44. The summed E-state index contributed by atoms with van der Waals surface area (Å²) in [5, 5.41) is 0. The van der Waals surface area contributed by atoms with Gasteiger partial charge in [-0.15, -0.1) is 0 Å². The highest BCUT2D eigenvalue weighted by Gasteiger charge is 2.54. The monoisotopic (exact) mass is 284 g/mol. The molecule has 2 rings (SSSR count). The van der Waals surface area contributed by atoms with E-state index in [0.717, 1.165) is 19.3 Å². The summed E-state index contributed by atoms with van der Waals surface area (Å²) >= 11 is 0. The first-order valence-corrected chi connectivity index (χ1v) is 8.01. The van der Waals surface area contributed by atoms with Gasteiger partial charge in [-0.3, -0.25) is 4.79 Å². The summed E-state index contributed by atoms with van der Waals surface area (Å²) in [5.41, 5.74) is -0.606. The Balaban J connectivity index is 1.91. The van der Waals surface area contributed by atoms with Crippen LogP contribution in [0.4, 0.5) is 0 Å². The molecule has 4 heteroatoms. The zero-order valence-electron chi connectivity index (χ0n) is 13.1. The van der Waals surface area contributed by atoms with Crippen molar-refractivity contribution in [3.63, 3.8) is 0 Å². The van der Waals surface area contributed by atoms with E-state index in [1.807, 2.05) is 6.92 Å². The lowest BCUT2D eigenvalue weighted by atomic mass is 9.90. The zero-order chi connectivity index (χ0) is 14.6. The summed E-state index contributed by atoms with van der Waals surface area (Å²) in [6.45, 7) is 7.14. The first-order valence-electron chi connectivity index (χ1n) is 8.01. The van der Waals surface area contributed by atoms with E-state index in [0.29, 0.717) is 19.6 Å². The maximum absolute atomic E-state index is 11.7. The first-order chi connectivity index (χ1) is 9.53. The molecule has 116 valence electrons. The summed E-state index contributed by atoms with van der Waals surface area (Å²) in [6, 6.07) is 0. The van der Waals surface area contributed by atoms with Crippen LogP contribution in [0.15, 0.2) is 0 Å². The number of fused-ring (bicyclic) bond motifs is 2. The number of carbonyl (C=O) groups is 1. The number of unbranched alkanes of at least 4 members (excludes halogenated alkanes) is 2. The van der Waals surface area contributed by atoms with Crippen LogP contribution in [0.2, 0.25) is 0 Å². The van der Waals surface area contributed by atoms with Crippen molar-refractivity contribution >= 4 is 5.97 Å². The lowest BCUT2D eigenvalue weighted by Crippen LogP contribution is -2.53. The lowest BCUT2D eigenvalue weighted by Gasteiger charge is -2.44. The molecule has 2 bridgehead atoms. The van der Waals surface area contributed by atoms with Crippen molar-refractivity contribution in [1.29, 1.82) is 0 Å². The fourth-order valence-corrected chi connectivity index (χ4v) is 3.35. The Bertz CT molecular complexity index is 343. The number of hydrogen-bond acceptors (Lipinski definition) is 4. The quantitative estimate of drug-likeness (QED) is 0.532. The van der Waals surface area contributed by atoms with E-state index in [2.05, 4.69) is 13.8 Å². The minimum absolute atomic E-state index is 0.127. The smallest absolute Gasteiger partial charge is 0.308 e. The van der Waals surface area contributed by atoms with Crippen molar-refractivity contribution < 1.29 is 19.0 Å². The van der Waals surface area contributed by atoms with Gasteiger partial charge in [0.1, 0.15) is 5.60 Å². The van der Waals surface area contributed by atoms with Gasteiger partial charge in [0.2, 0.25) is 0 Å². The van der Waals surface area contributed by atoms with E-state index >= 15 is 0 Å². The van der Waals surface area contributed by atoms with Crippen LogP contribution in [0, 0.1) is 0 Å². The van der Waals surface area contributed by atoms with Crippen molar-refractivity contribution in [2.24, 2.45) is 0 Å². The van der Waals surface area contributed by atoms with Crippen molar-refractivity contribution in [3.8, 4) is 0 Å². The van der Waals surface area contributed by atoms with Gasteiger partial charge in [-0.05, 0) is 33.1 Å². The maximum Gasteiger partial charge on any atom is 0.308 e. The maximum atomic E-state index is 11.7. The van der Waals surface area contributed by atoms with Crippen LogP contribution >= 0.6 is 0 Å². The Morgan fingerprint density at radius 3 is 2.85 bits per heavy atom. The van der Waals surface area contributed by atoms with Crippen LogP contribution in [-0.4, -0.2) is 36.5 Å². The second-order valence-electron chi connectivity index (χ2n) is 6.37. The lowest BCUT2D eigenvalue weighted by molar-refractivity contribution is -0.243. The first kappa shape index (κ1) is 15.8. The predicted molar refractivity (Wildman–Crippen MR) is 76.6 cm³/mol. The van der Waals surface area contributed by atoms with Gasteiger partial charge in [-0.1, -0.05) is 26.2 Å². The molecule has 0 saturated carbocycles. The van der Waals surface area contributed by atoms with E-state index in [9.17, 15) is 4.79 Å². The molecule has 3 atom stereocenters. The van der Waals surface area contributed by atoms with Crippen LogP contribution in [0.5, 0.6) is 0 Å². The Labute approximate surface area is 122 Å². The van der Waals surface area contributed by atoms with Gasteiger partial charge in [-0.2, -0.15) is 0 Å². The highest BCUT2D eigenvalue weighted by molar-refractivity contribution is 5.70. The average molecular weight is 284 g/mol. The summed E-state index contributed by atoms with van der Waals surface area (Å²) in [6.07, 6.45) is 7.01. The van der Waals surface area contributed by atoms with Crippen LogP contribution < -0.4 is 0 Å². The molecule has 0 aliphatic carbocycles. The molecule has 2 heterocycles. The minimum atomic E-state index is -0.429. The van der Waals surface area contributed by atoms with Crippen LogP contribution in [0.1, 0.15) is 65.7 Å². The fraction of sp³-hybridized carbons (Fsp3) is 0.938. The molecule has 0 spiro atoms. The molecule has 0 amide bonds. The molecule has 0 radical (unpaired) electrons. The molecule has 20 heavy (non-hydrogen) atoms. The van der Waals surface area contributed by atoms with Gasteiger partial charge in [0, 0.05) is 0 Å². The van der Waals surface area contributed by atoms with Gasteiger partial charge in [0.15, 0.2) is 0 Å². The number of carbonyl (C=O) groups excluding carboxylic acids is 1. The standard InChI is InChI=1S/C16H28O4/c1-4-6-7-9-15(3)13-8-10-16(20-13,12-19-15)11-14(17)18-5-2/h13H,4-12H2,1-3H3. The third kappa shape index (κ3) is 3.34.